The molecule has 2 nitrogen and oxygen atoms in total. The summed E-state index contributed by atoms with van der Waals surface area (Å²) in [5.41, 5.74) is 0. The van der Waals surface area contributed by atoms with Crippen molar-refractivity contribution in [2.45, 2.75) is 0 Å². The highest BCUT2D eigenvalue weighted by Crippen LogP contribution is 2.06. The monoisotopic (exact) mass is 151 g/mol. The van der Waals surface area contributed by atoms with Gasteiger partial charge in [-0.3, -0.25) is 0 Å². The fourth-order valence-electron chi connectivity index (χ4n) is 0.603. The van der Waals surface area contributed by atoms with Crippen molar-refractivity contribution in [1.29, 1.82) is 0 Å². The van der Waals surface area contributed by atoms with Gasteiger partial charge in [-0.25, -0.2) is 0 Å². The topological polar surface area (TPSA) is 18.5 Å². The molecule has 1 rings (SSSR count). The molecule has 0 fully saturated rings. The van der Waals surface area contributed by atoms with Gasteiger partial charge in [0.25, 0.3) is 0 Å². The van der Waals surface area contributed by atoms with Crippen LogP contribution in [-0.4, -0.2) is 18.2 Å². The van der Waals surface area contributed by atoms with E-state index in [1.807, 2.05) is 30.3 Å². The Kier molecular flexibility index (Phi) is 3.05. The van der Waals surface area contributed by atoms with E-state index in [2.05, 4.69) is 0 Å². The summed E-state index contributed by atoms with van der Waals surface area (Å²) >= 11 is 0. The van der Waals surface area contributed by atoms with Gasteiger partial charge in [-0.1, -0.05) is 18.2 Å². The lowest BCUT2D eigenvalue weighted by molar-refractivity contribution is 0.483. The van der Waals surface area contributed by atoms with E-state index in [0.717, 1.165) is 5.75 Å². The van der Waals surface area contributed by atoms with Crippen molar-refractivity contribution in [1.82, 2.24) is 0 Å². The van der Waals surface area contributed by atoms with Crippen LogP contribution in [0.5, 0.6) is 5.75 Å². The van der Waals surface area contributed by atoms with Gasteiger partial charge < -0.3 is 9.00 Å². The minimum Gasteiger partial charge on any atom is -0.538 e. The predicted octanol–water partition coefficient (Wildman–Crippen LogP) is -0.103. The van der Waals surface area contributed by atoms with Crippen LogP contribution in [0.3, 0.4) is 0 Å². The minimum atomic E-state index is 0.669. The highest BCUT2D eigenvalue weighted by Gasteiger charge is 1.91. The highest BCUT2D eigenvalue weighted by molar-refractivity contribution is 6.28. The molecular weight excluding hydrogens is 143 g/mol. The van der Waals surface area contributed by atoms with E-state index < -0.39 is 0 Å². The molecule has 0 bridgehead atoms. The van der Waals surface area contributed by atoms with Gasteiger partial charge in [0.2, 0.25) is 0 Å². The van der Waals surface area contributed by atoms with Crippen LogP contribution in [0.2, 0.25) is 0 Å². The molecule has 4 heteroatoms. The van der Waals surface area contributed by atoms with E-state index in [1.165, 1.54) is 7.69 Å². The molecule has 0 aromatic heterocycles. The first-order chi connectivity index (χ1) is 4.93. The van der Waals surface area contributed by atoms with Crippen LogP contribution in [0, 0.1) is 0 Å². The second-order valence-corrected chi connectivity index (χ2v) is 2.23. The van der Waals surface area contributed by atoms with E-state index in [4.69, 9.17) is 9.00 Å². The van der Waals surface area contributed by atoms with Crippen LogP contribution in [0.4, 0.5) is 0 Å². The normalized spacial score (nSPS) is 9.20. The van der Waals surface area contributed by atoms with Crippen molar-refractivity contribution < 1.29 is 9.00 Å². The van der Waals surface area contributed by atoms with Crippen molar-refractivity contribution in [3.05, 3.63) is 30.3 Å². The lowest BCUT2D eigenvalue weighted by atomic mass is 10.3. The molecule has 0 saturated heterocycles. The zero-order chi connectivity index (χ0) is 7.23. The fraction of sp³-hybridized carbons (Fsp3) is 0. The zero-order valence-electron chi connectivity index (χ0n) is 5.78. The Bertz CT molecular complexity index is 180. The third-order valence-electron chi connectivity index (χ3n) is 1.02. The maximum Gasteiger partial charge on any atom is 0.560 e. The van der Waals surface area contributed by atoms with Crippen LogP contribution in [-0.2, 0) is 4.34 Å². The van der Waals surface area contributed by atoms with Gasteiger partial charge in [0.05, 0.1) is 5.75 Å². The number of hydrogen-bond acceptors (Lipinski definition) is 2. The Hall–Kier alpha value is -0.738. The number of hydrogen-bond donors (Lipinski definition) is 0. The number of benzene rings is 1. The molecule has 0 N–H and O–H groups in total. The van der Waals surface area contributed by atoms with Crippen molar-refractivity contribution >= 4 is 18.2 Å². The summed E-state index contributed by atoms with van der Waals surface area (Å²) < 4.78 is 9.78. The summed E-state index contributed by atoms with van der Waals surface area (Å²) in [6, 6.07) is 9.51. The Balaban J connectivity index is 2.43. The van der Waals surface area contributed by atoms with Gasteiger partial charge in [-0.2, -0.15) is 0 Å². The summed E-state index contributed by atoms with van der Waals surface area (Å²) in [5.74, 6) is 0.804. The van der Waals surface area contributed by atoms with Gasteiger partial charge in [0.15, 0.2) is 0 Å². The third-order valence-corrected chi connectivity index (χ3v) is 1.22. The third kappa shape index (κ3) is 2.25. The predicted molar refractivity (Wildman–Crippen MR) is 43.8 cm³/mol. The first-order valence-corrected chi connectivity index (χ1v) is 3.81. The summed E-state index contributed by atoms with van der Waals surface area (Å²) in [4.78, 5) is 0. The van der Waals surface area contributed by atoms with Crippen LogP contribution in [0.15, 0.2) is 30.3 Å². The van der Waals surface area contributed by atoms with E-state index in [0.29, 0.717) is 10.5 Å². The molecule has 0 unspecified atom stereocenters. The number of rotatable bonds is 3. The molecular formula is C6H8BO2Si. The second kappa shape index (κ2) is 4.14. The first-order valence-electron chi connectivity index (χ1n) is 2.99. The van der Waals surface area contributed by atoms with Crippen LogP contribution >= 0.6 is 0 Å². The van der Waals surface area contributed by atoms with Crippen molar-refractivity contribution in [3.63, 3.8) is 0 Å². The average molecular weight is 151 g/mol. The lowest BCUT2D eigenvalue weighted by Gasteiger charge is -2.00. The Labute approximate surface area is 64.0 Å². The SMILES string of the molecule is [SiH3]O[B]Oc1ccccc1. The molecule has 0 aliphatic carbocycles. The van der Waals surface area contributed by atoms with Crippen molar-refractivity contribution in [3.8, 4) is 5.75 Å². The summed E-state index contributed by atoms with van der Waals surface area (Å²) in [6.45, 7) is 0. The zero-order valence-corrected chi connectivity index (χ0v) is 7.78. The molecule has 0 spiro atoms. The highest BCUT2D eigenvalue weighted by atomic mass is 28.2. The number of para-hydroxylation sites is 1. The van der Waals surface area contributed by atoms with E-state index >= 15 is 0 Å². The molecule has 1 aromatic rings. The Morgan fingerprint density at radius 2 is 1.90 bits per heavy atom. The smallest absolute Gasteiger partial charge is 0.538 e. The second-order valence-electron chi connectivity index (χ2n) is 1.76. The molecule has 0 atom stereocenters. The van der Waals surface area contributed by atoms with Crippen LogP contribution in [0.25, 0.3) is 0 Å². The van der Waals surface area contributed by atoms with E-state index in [9.17, 15) is 0 Å². The molecule has 0 aliphatic rings. The van der Waals surface area contributed by atoms with Crippen LogP contribution in [0.1, 0.15) is 0 Å². The van der Waals surface area contributed by atoms with Gasteiger partial charge >= 0.3 is 7.69 Å². The molecule has 51 valence electrons. The Morgan fingerprint density at radius 1 is 1.20 bits per heavy atom. The van der Waals surface area contributed by atoms with Gasteiger partial charge in [-0.05, 0) is 12.1 Å². The van der Waals surface area contributed by atoms with Crippen molar-refractivity contribution in [2.75, 3.05) is 0 Å². The molecule has 0 heterocycles. The van der Waals surface area contributed by atoms with Gasteiger partial charge in [0, 0.05) is 0 Å². The molecule has 1 radical (unpaired) electrons. The minimum absolute atomic E-state index is 0.669. The lowest BCUT2D eigenvalue weighted by Crippen LogP contribution is -2.04. The summed E-state index contributed by atoms with van der Waals surface area (Å²) in [6.07, 6.45) is 0. The maximum atomic E-state index is 5.04. The molecule has 10 heavy (non-hydrogen) atoms. The molecule has 0 amide bonds. The van der Waals surface area contributed by atoms with Crippen LogP contribution < -0.4 is 4.65 Å². The Morgan fingerprint density at radius 3 is 2.50 bits per heavy atom. The standard InChI is InChI=1S/C6H8BO2Si/c10-9-7-8-6-4-2-1-3-5-6/h1-5H,10H3. The first kappa shape index (κ1) is 7.37. The maximum absolute atomic E-state index is 5.04. The average Bonchev–Trinajstić information content (AvgIpc) is 2.03. The molecule has 1 aromatic carbocycles. The van der Waals surface area contributed by atoms with E-state index in [1.54, 1.807) is 0 Å². The van der Waals surface area contributed by atoms with E-state index in [-0.39, 0.29) is 0 Å². The van der Waals surface area contributed by atoms with Gasteiger partial charge in [0.1, 0.15) is 10.5 Å². The fourth-order valence-corrected chi connectivity index (χ4v) is 0.699. The summed E-state index contributed by atoms with van der Waals surface area (Å²) in [7, 11) is 2.02. The molecule has 0 aliphatic heterocycles. The largest absolute Gasteiger partial charge is 0.560 e. The van der Waals surface area contributed by atoms with Gasteiger partial charge in [-0.15, -0.1) is 0 Å². The summed E-state index contributed by atoms with van der Waals surface area (Å²) in [5, 5.41) is 0. The van der Waals surface area contributed by atoms with Crippen molar-refractivity contribution in [2.24, 2.45) is 0 Å². The quantitative estimate of drug-likeness (QED) is 0.561. The molecule has 0 saturated carbocycles.